The Bertz CT molecular complexity index is 1340. The number of morpholine rings is 1. The molecular formula is C27H28F2N4O2S. The van der Waals surface area contributed by atoms with Gasteiger partial charge in [-0.15, -0.1) is 0 Å². The van der Waals surface area contributed by atoms with Crippen molar-refractivity contribution in [3.05, 3.63) is 77.1 Å². The van der Waals surface area contributed by atoms with Crippen LogP contribution in [0.2, 0.25) is 0 Å². The minimum atomic E-state index is -1.38. The molecule has 2 aromatic carbocycles. The number of benzene rings is 2. The number of fused-ring (bicyclic) bond motifs is 1. The van der Waals surface area contributed by atoms with E-state index in [0.29, 0.717) is 34.9 Å². The number of aliphatic imine (C=N–C) groups is 1. The number of aromatic nitrogens is 2. The Kier molecular flexibility index (Phi) is 8.45. The molecule has 188 valence electrons. The molecule has 1 aliphatic rings. The molecule has 0 spiro atoms. The lowest BCUT2D eigenvalue weighted by molar-refractivity contribution is 0.122. The maximum absolute atomic E-state index is 15.1. The van der Waals surface area contributed by atoms with Crippen LogP contribution in [-0.2, 0) is 4.74 Å². The largest absolute Gasteiger partial charge is 0.382 e. The molecule has 6 nitrogen and oxygen atoms in total. The number of aliphatic hydroxyl groups excluding tert-OH is 1. The minimum Gasteiger partial charge on any atom is -0.382 e. The van der Waals surface area contributed by atoms with Gasteiger partial charge in [0.05, 0.1) is 35.2 Å². The Balaban J connectivity index is 1.74. The predicted molar refractivity (Wildman–Crippen MR) is 142 cm³/mol. The van der Waals surface area contributed by atoms with Gasteiger partial charge in [-0.1, -0.05) is 23.9 Å². The molecule has 0 radical (unpaired) electrons. The summed E-state index contributed by atoms with van der Waals surface area (Å²) >= 11 is 1.39. The molecule has 9 heteroatoms. The van der Waals surface area contributed by atoms with Crippen molar-refractivity contribution >= 4 is 33.4 Å². The van der Waals surface area contributed by atoms with E-state index in [2.05, 4.69) is 19.9 Å². The van der Waals surface area contributed by atoms with E-state index in [9.17, 15) is 9.50 Å². The zero-order valence-corrected chi connectivity index (χ0v) is 21.2. The first-order valence-corrected chi connectivity index (χ1v) is 12.5. The fourth-order valence-electron chi connectivity index (χ4n) is 4.05. The summed E-state index contributed by atoms with van der Waals surface area (Å²) in [5.74, 6) is -1.63. The summed E-state index contributed by atoms with van der Waals surface area (Å²) < 4.78 is 35.3. The van der Waals surface area contributed by atoms with Crippen molar-refractivity contribution in [1.29, 1.82) is 0 Å². The highest BCUT2D eigenvalue weighted by Gasteiger charge is 2.22. The molecule has 36 heavy (non-hydrogen) atoms. The highest BCUT2D eigenvalue weighted by atomic mass is 32.2. The van der Waals surface area contributed by atoms with Crippen molar-refractivity contribution in [3.8, 4) is 11.3 Å². The Morgan fingerprint density at radius 1 is 1.14 bits per heavy atom. The van der Waals surface area contributed by atoms with Gasteiger partial charge in [-0.25, -0.2) is 23.7 Å². The first kappa shape index (κ1) is 25.9. The average molecular weight is 511 g/mol. The van der Waals surface area contributed by atoms with E-state index in [-0.39, 0.29) is 16.8 Å². The van der Waals surface area contributed by atoms with Crippen molar-refractivity contribution in [1.82, 2.24) is 9.97 Å². The number of thioether (sulfide) groups is 1. The second-order valence-electron chi connectivity index (χ2n) is 8.21. The van der Waals surface area contributed by atoms with Crippen molar-refractivity contribution in [2.45, 2.75) is 26.9 Å². The highest BCUT2D eigenvalue weighted by Crippen LogP contribution is 2.35. The summed E-state index contributed by atoms with van der Waals surface area (Å²) in [7, 11) is 0. The fourth-order valence-corrected chi connectivity index (χ4v) is 4.54. The lowest BCUT2D eigenvalue weighted by atomic mass is 9.98. The van der Waals surface area contributed by atoms with Gasteiger partial charge in [0.1, 0.15) is 24.1 Å². The third kappa shape index (κ3) is 5.64. The number of hydrogen-bond acceptors (Lipinski definition) is 7. The number of nitrogens with zero attached hydrogens (tertiary/aromatic N) is 4. The molecular weight excluding hydrogens is 482 g/mol. The summed E-state index contributed by atoms with van der Waals surface area (Å²) in [6.07, 6.45) is 3.47. The van der Waals surface area contributed by atoms with Crippen LogP contribution in [-0.4, -0.2) is 46.4 Å². The van der Waals surface area contributed by atoms with Crippen LogP contribution in [0.15, 0.2) is 64.9 Å². The maximum Gasteiger partial charge on any atom is 0.135 e. The first-order valence-electron chi connectivity index (χ1n) is 11.7. The molecule has 0 saturated carbocycles. The van der Waals surface area contributed by atoms with Gasteiger partial charge in [-0.2, -0.15) is 0 Å². The van der Waals surface area contributed by atoms with Crippen molar-refractivity contribution < 1.29 is 18.6 Å². The van der Waals surface area contributed by atoms with E-state index in [1.54, 1.807) is 19.9 Å². The Hall–Kier alpha value is -3.14. The third-order valence-corrected chi connectivity index (χ3v) is 6.71. The Labute approximate surface area is 213 Å². The summed E-state index contributed by atoms with van der Waals surface area (Å²) in [6.45, 7) is 8.27. The molecule has 1 aromatic heterocycles. The van der Waals surface area contributed by atoms with Gasteiger partial charge < -0.3 is 14.7 Å². The number of ether oxygens (including phenoxy) is 1. The van der Waals surface area contributed by atoms with Crippen molar-refractivity contribution in [2.75, 3.05) is 31.2 Å². The highest BCUT2D eigenvalue weighted by molar-refractivity contribution is 8.16. The molecule has 1 fully saturated rings. The van der Waals surface area contributed by atoms with Gasteiger partial charge in [-0.3, -0.25) is 0 Å². The first-order chi connectivity index (χ1) is 17.4. The summed E-state index contributed by atoms with van der Waals surface area (Å²) in [4.78, 5) is 15.3. The van der Waals surface area contributed by atoms with Crippen LogP contribution in [0, 0.1) is 11.6 Å². The second kappa shape index (κ2) is 11.7. The molecule has 1 atom stereocenters. The van der Waals surface area contributed by atoms with Crippen molar-refractivity contribution in [2.24, 2.45) is 4.99 Å². The fraction of sp³-hybridized carbons (Fsp3) is 0.296. The zero-order chi connectivity index (χ0) is 25.7. The standard InChI is InChI=1S/C27H28F2N4O2S/c1-4-12-36-17(3)32-24(5-2)27(34)21-14-20(22(28)15-23(21)29)26-19-7-6-18(13-25(19)30-16-31-26)33-8-10-35-11-9-33/h4-7,12-16,27,34H,8-11H2,1-3H3/b12-4-,24-5-,32-17?. The molecule has 2 heterocycles. The molecule has 1 N–H and O–H groups in total. The number of halogens is 2. The number of allylic oxidation sites excluding steroid dienone is 2. The Morgan fingerprint density at radius 2 is 1.92 bits per heavy atom. The molecule has 1 unspecified atom stereocenters. The molecule has 0 bridgehead atoms. The molecule has 0 amide bonds. The van der Waals surface area contributed by atoms with Crippen molar-refractivity contribution in [3.63, 3.8) is 0 Å². The van der Waals surface area contributed by atoms with E-state index < -0.39 is 17.7 Å². The summed E-state index contributed by atoms with van der Waals surface area (Å²) in [5, 5.41) is 14.1. The van der Waals surface area contributed by atoms with Gasteiger partial charge in [0, 0.05) is 41.4 Å². The predicted octanol–water partition coefficient (Wildman–Crippen LogP) is 6.03. The average Bonchev–Trinajstić information content (AvgIpc) is 2.90. The van der Waals surface area contributed by atoms with E-state index in [1.807, 2.05) is 36.6 Å². The quantitative estimate of drug-likeness (QED) is 0.322. The molecule has 3 aromatic rings. The summed E-state index contributed by atoms with van der Waals surface area (Å²) in [5.41, 5.74) is 2.23. The zero-order valence-electron chi connectivity index (χ0n) is 20.4. The van der Waals surface area contributed by atoms with Crippen LogP contribution in [0.4, 0.5) is 14.5 Å². The number of rotatable bonds is 6. The molecule has 4 rings (SSSR count). The van der Waals surface area contributed by atoms with Gasteiger partial charge in [0.25, 0.3) is 0 Å². The lowest BCUT2D eigenvalue weighted by Gasteiger charge is -2.29. The van der Waals surface area contributed by atoms with Gasteiger partial charge in [0.2, 0.25) is 0 Å². The number of anilines is 1. The molecule has 0 aliphatic carbocycles. The minimum absolute atomic E-state index is 0.0798. The third-order valence-electron chi connectivity index (χ3n) is 5.87. The normalized spacial score (nSPS) is 16.2. The van der Waals surface area contributed by atoms with E-state index in [0.717, 1.165) is 24.8 Å². The van der Waals surface area contributed by atoms with Crippen LogP contribution in [0.1, 0.15) is 32.4 Å². The van der Waals surface area contributed by atoms with Gasteiger partial charge in [-0.05, 0) is 50.4 Å². The van der Waals surface area contributed by atoms with E-state index in [4.69, 9.17) is 4.74 Å². The second-order valence-corrected chi connectivity index (χ2v) is 9.31. The van der Waals surface area contributed by atoms with Crippen LogP contribution in [0.5, 0.6) is 0 Å². The number of hydrogen-bond donors (Lipinski definition) is 1. The van der Waals surface area contributed by atoms with Crippen LogP contribution in [0.3, 0.4) is 0 Å². The van der Waals surface area contributed by atoms with E-state index in [1.165, 1.54) is 24.2 Å². The smallest absolute Gasteiger partial charge is 0.135 e. The maximum atomic E-state index is 15.1. The Morgan fingerprint density at radius 3 is 2.64 bits per heavy atom. The summed E-state index contributed by atoms with van der Waals surface area (Å²) in [6, 6.07) is 7.80. The lowest BCUT2D eigenvalue weighted by Crippen LogP contribution is -2.36. The van der Waals surface area contributed by atoms with Crippen LogP contribution in [0.25, 0.3) is 22.2 Å². The topological polar surface area (TPSA) is 70.8 Å². The van der Waals surface area contributed by atoms with E-state index >= 15 is 4.39 Å². The van der Waals surface area contributed by atoms with Crippen LogP contribution < -0.4 is 4.90 Å². The van der Waals surface area contributed by atoms with Gasteiger partial charge in [0.15, 0.2) is 0 Å². The number of aliphatic hydroxyl groups is 1. The van der Waals surface area contributed by atoms with Crippen LogP contribution >= 0.6 is 11.8 Å². The SMILES string of the molecule is C/C=C\SC(C)=N/C(=C\C)C(O)c1cc(-c2ncnc3cc(N4CCOCC4)ccc23)c(F)cc1F. The van der Waals surface area contributed by atoms with Gasteiger partial charge >= 0.3 is 0 Å². The molecule has 1 aliphatic heterocycles. The monoisotopic (exact) mass is 510 g/mol. The molecule has 1 saturated heterocycles.